The summed E-state index contributed by atoms with van der Waals surface area (Å²) in [5, 5.41) is 3.30. The van der Waals surface area contributed by atoms with E-state index >= 15 is 0 Å². The van der Waals surface area contributed by atoms with Crippen molar-refractivity contribution in [1.29, 1.82) is 0 Å². The van der Waals surface area contributed by atoms with Gasteiger partial charge in [0, 0.05) is 13.1 Å². The Morgan fingerprint density at radius 3 is 3.05 bits per heavy atom. The summed E-state index contributed by atoms with van der Waals surface area (Å²) in [5.74, 6) is 0.320. The lowest BCUT2D eigenvalue weighted by Crippen LogP contribution is -2.39. The Morgan fingerprint density at radius 2 is 2.38 bits per heavy atom. The lowest BCUT2D eigenvalue weighted by atomic mass is 10.1. The third kappa shape index (κ3) is 4.08. The van der Waals surface area contributed by atoms with E-state index in [-0.39, 0.29) is 10.9 Å². The molecule has 1 aliphatic heterocycles. The van der Waals surface area contributed by atoms with Crippen LogP contribution < -0.4 is 10.1 Å². The van der Waals surface area contributed by atoms with E-state index < -0.39 is 11.9 Å². The summed E-state index contributed by atoms with van der Waals surface area (Å²) >= 11 is 5.90. The van der Waals surface area contributed by atoms with Crippen LogP contribution in [0.3, 0.4) is 0 Å². The molecule has 1 N–H and O–H groups in total. The van der Waals surface area contributed by atoms with Gasteiger partial charge in [-0.15, -0.1) is 0 Å². The number of nitrogens with one attached hydrogen (secondary N) is 1. The zero-order valence-corrected chi connectivity index (χ0v) is 13.0. The molecule has 0 unspecified atom stereocenters. The van der Waals surface area contributed by atoms with Crippen LogP contribution in [-0.4, -0.2) is 43.6 Å². The Hall–Kier alpha value is -1.33. The van der Waals surface area contributed by atoms with Gasteiger partial charge in [0.1, 0.15) is 11.6 Å². The molecule has 21 heavy (non-hydrogen) atoms. The minimum Gasteiger partial charge on any atom is -0.479 e. The molecule has 6 heteroatoms. The molecule has 0 spiro atoms. The Morgan fingerprint density at radius 1 is 1.62 bits per heavy atom. The summed E-state index contributed by atoms with van der Waals surface area (Å²) in [7, 11) is 1.91. The first kappa shape index (κ1) is 16.0. The smallest absolute Gasteiger partial charge is 0.263 e. The first-order valence-electron chi connectivity index (χ1n) is 7.06. The van der Waals surface area contributed by atoms with Gasteiger partial charge in [-0.3, -0.25) is 4.79 Å². The molecular formula is C15H20ClFN2O2. The minimum atomic E-state index is -0.638. The highest BCUT2D eigenvalue weighted by atomic mass is 35.5. The van der Waals surface area contributed by atoms with Gasteiger partial charge >= 0.3 is 0 Å². The van der Waals surface area contributed by atoms with Crippen LogP contribution in [-0.2, 0) is 4.79 Å². The van der Waals surface area contributed by atoms with E-state index in [0.717, 1.165) is 26.1 Å². The van der Waals surface area contributed by atoms with Gasteiger partial charge in [0.05, 0.1) is 5.02 Å². The molecule has 0 saturated carbocycles. The van der Waals surface area contributed by atoms with Crippen molar-refractivity contribution in [2.24, 2.45) is 5.92 Å². The van der Waals surface area contributed by atoms with Gasteiger partial charge in [-0.2, -0.15) is 0 Å². The molecule has 4 nitrogen and oxygen atoms in total. The first-order chi connectivity index (χ1) is 10.0. The summed E-state index contributed by atoms with van der Waals surface area (Å²) < 4.78 is 18.5. The fraction of sp³-hybridized carbons (Fsp3) is 0.533. The van der Waals surface area contributed by atoms with E-state index in [2.05, 4.69) is 5.32 Å². The third-order valence-electron chi connectivity index (χ3n) is 3.64. The third-order valence-corrected chi connectivity index (χ3v) is 3.93. The average Bonchev–Trinajstić information content (AvgIpc) is 2.90. The maximum Gasteiger partial charge on any atom is 0.263 e. The number of benzene rings is 1. The number of halogens is 2. The van der Waals surface area contributed by atoms with E-state index in [0.29, 0.717) is 11.7 Å². The summed E-state index contributed by atoms with van der Waals surface area (Å²) in [5.41, 5.74) is 0. The van der Waals surface area contributed by atoms with Crippen LogP contribution in [0.25, 0.3) is 0 Å². The predicted octanol–water partition coefficient (Wildman–Crippen LogP) is 2.31. The van der Waals surface area contributed by atoms with Crippen LogP contribution in [0, 0.1) is 11.7 Å². The van der Waals surface area contributed by atoms with Crippen LogP contribution in [0.5, 0.6) is 5.75 Å². The minimum absolute atomic E-state index is 0.0611. The maximum atomic E-state index is 13.0. The van der Waals surface area contributed by atoms with Crippen molar-refractivity contribution in [2.75, 3.05) is 26.7 Å². The summed E-state index contributed by atoms with van der Waals surface area (Å²) in [6.45, 7) is 4.08. The van der Waals surface area contributed by atoms with Gasteiger partial charge in [-0.05, 0) is 51.1 Å². The summed E-state index contributed by atoms with van der Waals surface area (Å²) in [6.07, 6.45) is 0.359. The van der Waals surface area contributed by atoms with Gasteiger partial charge in [0.15, 0.2) is 6.10 Å². The molecule has 0 aliphatic carbocycles. The standard InChI is InChI=1S/C15H20ClFN2O2/c1-10(21-14-4-3-12(17)7-13(14)16)15(20)19-6-5-11(9-19)8-18-2/h3-4,7,10-11,18H,5-6,8-9H2,1-2H3/t10-,11+/m1/s1. The number of nitrogens with zero attached hydrogens (tertiary/aromatic N) is 1. The zero-order valence-electron chi connectivity index (χ0n) is 12.2. The average molecular weight is 315 g/mol. The number of carbonyl (C=O) groups excluding carboxylic acids is 1. The summed E-state index contributed by atoms with van der Waals surface area (Å²) in [6, 6.07) is 3.87. The van der Waals surface area contributed by atoms with E-state index in [1.165, 1.54) is 18.2 Å². The quantitative estimate of drug-likeness (QED) is 0.907. The maximum absolute atomic E-state index is 13.0. The van der Waals surface area contributed by atoms with Crippen LogP contribution in [0.1, 0.15) is 13.3 Å². The molecule has 1 aromatic carbocycles. The Kier molecular flexibility index (Phi) is 5.42. The van der Waals surface area contributed by atoms with Crippen LogP contribution in [0.2, 0.25) is 5.02 Å². The number of amides is 1. The largest absolute Gasteiger partial charge is 0.479 e. The highest BCUT2D eigenvalue weighted by Gasteiger charge is 2.29. The van der Waals surface area contributed by atoms with Gasteiger partial charge < -0.3 is 15.0 Å². The van der Waals surface area contributed by atoms with Crippen molar-refractivity contribution in [3.05, 3.63) is 29.0 Å². The second kappa shape index (κ2) is 7.09. The Labute approximate surface area is 129 Å². The number of carbonyl (C=O) groups is 1. The zero-order chi connectivity index (χ0) is 15.4. The second-order valence-electron chi connectivity index (χ2n) is 5.33. The van der Waals surface area contributed by atoms with Crippen molar-refractivity contribution in [3.8, 4) is 5.75 Å². The molecule has 0 bridgehead atoms. The molecule has 1 saturated heterocycles. The second-order valence-corrected chi connectivity index (χ2v) is 5.74. The van der Waals surface area contributed by atoms with Crippen LogP contribution >= 0.6 is 11.6 Å². The monoisotopic (exact) mass is 314 g/mol. The highest BCUT2D eigenvalue weighted by molar-refractivity contribution is 6.32. The number of hydrogen-bond acceptors (Lipinski definition) is 3. The Balaban J connectivity index is 1.94. The van der Waals surface area contributed by atoms with Gasteiger partial charge in [0.2, 0.25) is 0 Å². The van der Waals surface area contributed by atoms with Gasteiger partial charge in [-0.1, -0.05) is 11.6 Å². The molecule has 1 fully saturated rings. The molecular weight excluding hydrogens is 295 g/mol. The fourth-order valence-electron chi connectivity index (χ4n) is 2.56. The Bertz CT molecular complexity index is 512. The summed E-state index contributed by atoms with van der Waals surface area (Å²) in [4.78, 5) is 14.2. The van der Waals surface area contributed by atoms with Crippen LogP contribution in [0.15, 0.2) is 18.2 Å². The van der Waals surface area contributed by atoms with Crippen molar-refractivity contribution in [2.45, 2.75) is 19.4 Å². The van der Waals surface area contributed by atoms with Crippen molar-refractivity contribution in [3.63, 3.8) is 0 Å². The first-order valence-corrected chi connectivity index (χ1v) is 7.44. The molecule has 1 heterocycles. The highest BCUT2D eigenvalue weighted by Crippen LogP contribution is 2.26. The number of ether oxygens (including phenoxy) is 1. The lowest BCUT2D eigenvalue weighted by Gasteiger charge is -2.22. The molecule has 2 atom stereocenters. The molecule has 0 aromatic heterocycles. The van der Waals surface area contributed by atoms with E-state index in [1.807, 2.05) is 11.9 Å². The van der Waals surface area contributed by atoms with E-state index in [9.17, 15) is 9.18 Å². The van der Waals surface area contributed by atoms with Crippen molar-refractivity contribution < 1.29 is 13.9 Å². The number of hydrogen-bond donors (Lipinski definition) is 1. The molecule has 1 amide bonds. The van der Waals surface area contributed by atoms with Crippen molar-refractivity contribution in [1.82, 2.24) is 10.2 Å². The number of rotatable bonds is 5. The molecule has 0 radical (unpaired) electrons. The molecule has 116 valence electrons. The lowest BCUT2D eigenvalue weighted by molar-refractivity contribution is -0.136. The van der Waals surface area contributed by atoms with Crippen molar-refractivity contribution >= 4 is 17.5 Å². The van der Waals surface area contributed by atoms with E-state index in [4.69, 9.17) is 16.3 Å². The molecule has 2 rings (SSSR count). The topological polar surface area (TPSA) is 41.6 Å². The normalized spacial score (nSPS) is 19.6. The van der Waals surface area contributed by atoms with E-state index in [1.54, 1.807) is 6.92 Å². The predicted molar refractivity (Wildman–Crippen MR) is 80.1 cm³/mol. The van der Waals surface area contributed by atoms with Gasteiger partial charge in [0.25, 0.3) is 5.91 Å². The molecule has 1 aromatic rings. The SMILES string of the molecule is CNC[C@@H]1CCN(C(=O)[C@@H](C)Oc2ccc(F)cc2Cl)C1. The molecule has 1 aliphatic rings. The number of likely N-dealkylation sites (tertiary alicyclic amines) is 1. The fourth-order valence-corrected chi connectivity index (χ4v) is 2.77. The van der Waals surface area contributed by atoms with Gasteiger partial charge in [-0.25, -0.2) is 4.39 Å². The van der Waals surface area contributed by atoms with Crippen LogP contribution in [0.4, 0.5) is 4.39 Å².